The molecule has 0 aromatic heterocycles. The first-order chi connectivity index (χ1) is 14.7. The summed E-state index contributed by atoms with van der Waals surface area (Å²) < 4.78 is 27.1. The van der Waals surface area contributed by atoms with Crippen molar-refractivity contribution in [2.45, 2.75) is 70.1 Å². The van der Waals surface area contributed by atoms with Crippen LogP contribution < -0.4 is 10.6 Å². The Bertz CT molecular complexity index is 894. The van der Waals surface area contributed by atoms with Gasteiger partial charge in [0.1, 0.15) is 11.6 Å². The number of amides is 1. The average molecular weight is 431 g/mol. The fourth-order valence-corrected chi connectivity index (χ4v) is 4.04. The predicted molar refractivity (Wildman–Crippen MR) is 118 cm³/mol. The summed E-state index contributed by atoms with van der Waals surface area (Å²) in [5, 5.41) is 17.0. The summed E-state index contributed by atoms with van der Waals surface area (Å²) in [4.78, 5) is 11.7. The van der Waals surface area contributed by atoms with E-state index >= 15 is 0 Å². The number of aliphatic hydroxyl groups excluding tert-OH is 1. The second-order valence-corrected chi connectivity index (χ2v) is 8.75. The van der Waals surface area contributed by atoms with E-state index in [9.17, 15) is 18.7 Å². The summed E-state index contributed by atoms with van der Waals surface area (Å²) in [6, 6.07) is 11.2. The number of hydrogen-bond donors (Lipinski definition) is 3. The van der Waals surface area contributed by atoms with Gasteiger partial charge in [0, 0.05) is 25.1 Å². The molecule has 6 heteroatoms. The van der Waals surface area contributed by atoms with E-state index in [1.165, 1.54) is 30.2 Å². The Kier molecular flexibility index (Phi) is 7.44. The summed E-state index contributed by atoms with van der Waals surface area (Å²) in [5.74, 6) is -1.18. The van der Waals surface area contributed by atoms with E-state index < -0.39 is 23.8 Å². The molecular weight excluding hydrogens is 398 g/mol. The van der Waals surface area contributed by atoms with Gasteiger partial charge in [0.25, 0.3) is 0 Å². The average Bonchev–Trinajstić information content (AvgIpc) is 3.51. The molecule has 0 radical (unpaired) electrons. The molecule has 4 nitrogen and oxygen atoms in total. The molecule has 0 heterocycles. The molecular formula is C25H32F2N2O2. The molecule has 3 N–H and O–H groups in total. The van der Waals surface area contributed by atoms with Crippen LogP contribution in [0.3, 0.4) is 0 Å². The number of carbonyl (C=O) groups is 1. The van der Waals surface area contributed by atoms with Crippen molar-refractivity contribution in [1.29, 1.82) is 0 Å². The maximum atomic E-state index is 13.6. The fourth-order valence-electron chi connectivity index (χ4n) is 4.04. The van der Waals surface area contributed by atoms with Crippen molar-refractivity contribution in [1.82, 2.24) is 10.6 Å². The minimum Gasteiger partial charge on any atom is -0.390 e. The molecule has 1 saturated carbocycles. The zero-order valence-electron chi connectivity index (χ0n) is 18.4. The van der Waals surface area contributed by atoms with Crippen molar-refractivity contribution in [2.24, 2.45) is 0 Å². The van der Waals surface area contributed by atoms with Crippen molar-refractivity contribution in [3.8, 4) is 0 Å². The summed E-state index contributed by atoms with van der Waals surface area (Å²) in [6.07, 6.45) is 2.24. The Morgan fingerprint density at radius 2 is 1.84 bits per heavy atom. The van der Waals surface area contributed by atoms with Gasteiger partial charge in [0.05, 0.1) is 12.1 Å². The van der Waals surface area contributed by atoms with Gasteiger partial charge in [-0.25, -0.2) is 8.78 Å². The van der Waals surface area contributed by atoms with Gasteiger partial charge >= 0.3 is 0 Å². The second-order valence-electron chi connectivity index (χ2n) is 8.75. The molecule has 3 unspecified atom stereocenters. The highest BCUT2D eigenvalue weighted by Gasteiger charge is 2.44. The van der Waals surface area contributed by atoms with Crippen LogP contribution in [-0.4, -0.2) is 29.7 Å². The molecule has 0 saturated heterocycles. The molecule has 0 bridgehead atoms. The van der Waals surface area contributed by atoms with Crippen LogP contribution >= 0.6 is 0 Å². The van der Waals surface area contributed by atoms with Gasteiger partial charge in [0.15, 0.2) is 0 Å². The number of halogens is 2. The standard InChI is InChI=1S/C25H32F2N2O2/c1-4-16(2)19-6-5-7-20(13-19)25(8-9-25)28-15-24(31)23(29-17(3)30)12-18-10-21(26)14-22(27)11-18/h5-7,10-11,13-14,16,23-24,28,31H,4,8-9,12,15H2,1-3H3,(H,29,30). The van der Waals surface area contributed by atoms with Crippen LogP contribution in [-0.2, 0) is 16.8 Å². The summed E-state index contributed by atoms with van der Waals surface area (Å²) in [7, 11) is 0. The highest BCUT2D eigenvalue weighted by molar-refractivity contribution is 5.73. The maximum Gasteiger partial charge on any atom is 0.217 e. The van der Waals surface area contributed by atoms with Crippen molar-refractivity contribution in [2.75, 3.05) is 6.54 Å². The zero-order chi connectivity index (χ0) is 22.6. The quantitative estimate of drug-likeness (QED) is 0.530. The number of benzene rings is 2. The Morgan fingerprint density at radius 3 is 2.42 bits per heavy atom. The van der Waals surface area contributed by atoms with Crippen molar-refractivity contribution >= 4 is 5.91 Å². The van der Waals surface area contributed by atoms with Gasteiger partial charge in [-0.05, 0) is 60.4 Å². The van der Waals surface area contributed by atoms with E-state index in [1.54, 1.807) is 0 Å². The molecule has 1 aliphatic rings. The first-order valence-electron chi connectivity index (χ1n) is 11.0. The largest absolute Gasteiger partial charge is 0.390 e. The lowest BCUT2D eigenvalue weighted by molar-refractivity contribution is -0.120. The molecule has 1 amide bonds. The number of aliphatic hydroxyl groups is 1. The lowest BCUT2D eigenvalue weighted by Crippen LogP contribution is -2.49. The van der Waals surface area contributed by atoms with Crippen LogP contribution in [0, 0.1) is 11.6 Å². The zero-order valence-corrected chi connectivity index (χ0v) is 18.4. The van der Waals surface area contributed by atoms with Gasteiger partial charge in [0.2, 0.25) is 5.91 Å². The lowest BCUT2D eigenvalue weighted by Gasteiger charge is -2.27. The minimum atomic E-state index is -0.912. The molecule has 1 fully saturated rings. The smallest absolute Gasteiger partial charge is 0.217 e. The Morgan fingerprint density at radius 1 is 1.16 bits per heavy atom. The monoisotopic (exact) mass is 430 g/mol. The Labute approximate surface area is 183 Å². The van der Waals surface area contributed by atoms with E-state index in [0.717, 1.165) is 25.3 Å². The highest BCUT2D eigenvalue weighted by Crippen LogP contribution is 2.46. The number of hydrogen-bond acceptors (Lipinski definition) is 3. The second kappa shape index (κ2) is 9.88. The van der Waals surface area contributed by atoms with E-state index in [-0.39, 0.29) is 24.4 Å². The van der Waals surface area contributed by atoms with Crippen LogP contribution in [0.5, 0.6) is 0 Å². The molecule has 168 valence electrons. The SMILES string of the molecule is CCC(C)c1cccc(C2(NCC(O)C(Cc3cc(F)cc(F)c3)NC(C)=O)CC2)c1. The first-order valence-corrected chi connectivity index (χ1v) is 11.0. The van der Waals surface area contributed by atoms with Gasteiger partial charge in [-0.1, -0.05) is 38.1 Å². The molecule has 1 aliphatic carbocycles. The van der Waals surface area contributed by atoms with Crippen molar-refractivity contribution in [3.05, 3.63) is 70.8 Å². The Balaban J connectivity index is 1.69. The van der Waals surface area contributed by atoms with E-state index in [2.05, 4.69) is 48.7 Å². The molecule has 2 aromatic rings. The van der Waals surface area contributed by atoms with Crippen LogP contribution in [0.25, 0.3) is 0 Å². The predicted octanol–water partition coefficient (Wildman–Crippen LogP) is 4.17. The van der Waals surface area contributed by atoms with Gasteiger partial charge in [-0.2, -0.15) is 0 Å². The lowest BCUT2D eigenvalue weighted by atomic mass is 9.93. The fraction of sp³-hybridized carbons (Fsp3) is 0.480. The van der Waals surface area contributed by atoms with Crippen LogP contribution in [0.4, 0.5) is 8.78 Å². The maximum absolute atomic E-state index is 13.6. The van der Waals surface area contributed by atoms with Crippen LogP contribution in [0.15, 0.2) is 42.5 Å². The summed E-state index contributed by atoms with van der Waals surface area (Å²) in [5.41, 5.74) is 2.73. The Hall–Kier alpha value is -2.31. The topological polar surface area (TPSA) is 61.4 Å². The van der Waals surface area contributed by atoms with E-state index in [4.69, 9.17) is 0 Å². The molecule has 0 spiro atoms. The van der Waals surface area contributed by atoms with Crippen molar-refractivity contribution in [3.63, 3.8) is 0 Å². The van der Waals surface area contributed by atoms with Crippen LogP contribution in [0.2, 0.25) is 0 Å². The number of rotatable bonds is 10. The highest BCUT2D eigenvalue weighted by atomic mass is 19.1. The van der Waals surface area contributed by atoms with Crippen molar-refractivity contribution < 1.29 is 18.7 Å². The van der Waals surface area contributed by atoms with E-state index in [1.807, 2.05) is 0 Å². The van der Waals surface area contributed by atoms with E-state index in [0.29, 0.717) is 11.5 Å². The number of carbonyl (C=O) groups excluding carboxylic acids is 1. The third-order valence-corrected chi connectivity index (χ3v) is 6.25. The number of nitrogens with one attached hydrogen (secondary N) is 2. The molecule has 0 aliphatic heterocycles. The summed E-state index contributed by atoms with van der Waals surface area (Å²) >= 11 is 0. The molecule has 2 aromatic carbocycles. The first kappa shape index (κ1) is 23.4. The van der Waals surface area contributed by atoms with Crippen LogP contribution in [0.1, 0.15) is 62.6 Å². The molecule has 3 rings (SSSR count). The minimum absolute atomic E-state index is 0.133. The van der Waals surface area contributed by atoms with Gasteiger partial charge < -0.3 is 15.7 Å². The third kappa shape index (κ3) is 6.11. The van der Waals surface area contributed by atoms with Gasteiger partial charge in [-0.15, -0.1) is 0 Å². The summed E-state index contributed by atoms with van der Waals surface area (Å²) in [6.45, 7) is 6.01. The third-order valence-electron chi connectivity index (χ3n) is 6.25. The normalized spacial score (nSPS) is 17.6. The molecule has 3 atom stereocenters. The molecule has 31 heavy (non-hydrogen) atoms. The van der Waals surface area contributed by atoms with Gasteiger partial charge in [-0.3, -0.25) is 4.79 Å².